The number of carbonyl (C=O) groups excluding carboxylic acids is 2. The van der Waals surface area contributed by atoms with E-state index in [2.05, 4.69) is 0 Å². The molecule has 0 saturated heterocycles. The first-order chi connectivity index (χ1) is 11.5. The van der Waals surface area contributed by atoms with E-state index in [0.29, 0.717) is 10.6 Å². The van der Waals surface area contributed by atoms with Crippen LogP contribution in [0, 0.1) is 25.2 Å². The van der Waals surface area contributed by atoms with Gasteiger partial charge in [0.2, 0.25) is 0 Å². The van der Waals surface area contributed by atoms with E-state index >= 15 is 0 Å². The fourth-order valence-corrected chi connectivity index (χ4v) is 2.95. The molecular weight excluding hydrogens is 324 g/mol. The summed E-state index contributed by atoms with van der Waals surface area (Å²) in [5.74, 6) is -0.862. The molecule has 0 bridgehead atoms. The monoisotopic (exact) mass is 342 g/mol. The molecule has 0 aliphatic rings. The van der Waals surface area contributed by atoms with Gasteiger partial charge in [0.15, 0.2) is 6.61 Å². The van der Waals surface area contributed by atoms with Crippen molar-refractivity contribution in [3.63, 3.8) is 0 Å². The second-order valence-electron chi connectivity index (χ2n) is 5.35. The van der Waals surface area contributed by atoms with E-state index in [1.807, 2.05) is 38.1 Å². The molecule has 0 spiro atoms. The molecule has 0 N–H and O–H groups in total. The molecule has 0 aliphatic carbocycles. The highest BCUT2D eigenvalue weighted by molar-refractivity contribution is 7.11. The van der Waals surface area contributed by atoms with Gasteiger partial charge in [-0.2, -0.15) is 5.26 Å². The first-order valence-electron chi connectivity index (χ1n) is 7.47. The number of aryl methyl sites for hydroxylation is 2. The van der Waals surface area contributed by atoms with Crippen LogP contribution in [0.2, 0.25) is 0 Å². The second kappa shape index (κ2) is 8.27. The third-order valence-electron chi connectivity index (χ3n) is 3.32. The lowest BCUT2D eigenvalue weighted by Crippen LogP contribution is -2.35. The molecule has 6 heteroatoms. The number of amides is 1. The number of hydrogen-bond donors (Lipinski definition) is 0. The summed E-state index contributed by atoms with van der Waals surface area (Å²) >= 11 is 1.26. The number of carbonyl (C=O) groups is 2. The highest BCUT2D eigenvalue weighted by Gasteiger charge is 2.19. The van der Waals surface area contributed by atoms with Crippen molar-refractivity contribution >= 4 is 28.9 Å². The van der Waals surface area contributed by atoms with E-state index in [0.717, 1.165) is 11.1 Å². The molecule has 1 aromatic carbocycles. The molecule has 1 heterocycles. The maximum absolute atomic E-state index is 12.5. The minimum Gasteiger partial charge on any atom is -0.451 e. The topological polar surface area (TPSA) is 70.4 Å². The van der Waals surface area contributed by atoms with Gasteiger partial charge in [0.25, 0.3) is 5.91 Å². The summed E-state index contributed by atoms with van der Waals surface area (Å²) in [7, 11) is 0. The summed E-state index contributed by atoms with van der Waals surface area (Å²) < 4.78 is 5.09. The zero-order valence-electron chi connectivity index (χ0n) is 13.6. The van der Waals surface area contributed by atoms with Crippen molar-refractivity contribution < 1.29 is 14.3 Å². The number of hydrogen-bond acceptors (Lipinski definition) is 5. The Hall–Kier alpha value is -2.65. The number of nitriles is 1. The quantitative estimate of drug-likeness (QED) is 0.754. The van der Waals surface area contributed by atoms with Gasteiger partial charge in [0, 0.05) is 12.2 Å². The molecule has 0 fully saturated rings. The number of esters is 1. The molecule has 124 valence electrons. The Bertz CT molecular complexity index is 743. The standard InChI is InChI=1S/C18H18N2O3S/c1-13-9-14(2)11-15(10-13)20(7-4-6-19)17(21)12-23-18(22)16-5-3-8-24-16/h3,5,8-11H,4,7,12H2,1-2H3. The number of rotatable bonds is 6. The van der Waals surface area contributed by atoms with Crippen molar-refractivity contribution in [2.24, 2.45) is 0 Å². The lowest BCUT2D eigenvalue weighted by Gasteiger charge is -2.22. The molecule has 0 radical (unpaired) electrons. The van der Waals surface area contributed by atoms with Crippen LogP contribution in [-0.2, 0) is 9.53 Å². The SMILES string of the molecule is Cc1cc(C)cc(N(CCC#N)C(=O)COC(=O)c2cccs2)c1. The normalized spacial score (nSPS) is 10.0. The number of thiophene rings is 1. The van der Waals surface area contributed by atoms with Gasteiger partial charge in [-0.1, -0.05) is 12.1 Å². The predicted octanol–water partition coefficient (Wildman–Crippen LogP) is 3.47. The molecule has 2 aromatic rings. The van der Waals surface area contributed by atoms with Gasteiger partial charge in [-0.3, -0.25) is 4.79 Å². The highest BCUT2D eigenvalue weighted by Crippen LogP contribution is 2.20. The fourth-order valence-electron chi connectivity index (χ4n) is 2.34. The Morgan fingerprint density at radius 2 is 1.96 bits per heavy atom. The van der Waals surface area contributed by atoms with E-state index in [4.69, 9.17) is 10.00 Å². The third kappa shape index (κ3) is 4.67. The van der Waals surface area contributed by atoms with E-state index in [1.54, 1.807) is 17.5 Å². The number of benzene rings is 1. The van der Waals surface area contributed by atoms with Gasteiger partial charge in [0.1, 0.15) is 4.88 Å². The van der Waals surface area contributed by atoms with Crippen LogP contribution < -0.4 is 4.90 Å². The van der Waals surface area contributed by atoms with Crippen LogP contribution in [0.5, 0.6) is 0 Å². The van der Waals surface area contributed by atoms with Crippen LogP contribution >= 0.6 is 11.3 Å². The minimum atomic E-state index is -0.515. The third-order valence-corrected chi connectivity index (χ3v) is 4.17. The molecule has 0 aliphatic heterocycles. The molecule has 2 rings (SSSR count). The van der Waals surface area contributed by atoms with E-state index in [9.17, 15) is 9.59 Å². The van der Waals surface area contributed by atoms with Crippen LogP contribution in [0.25, 0.3) is 0 Å². The van der Waals surface area contributed by atoms with Crippen molar-refractivity contribution in [3.05, 3.63) is 51.7 Å². The molecule has 24 heavy (non-hydrogen) atoms. The first-order valence-corrected chi connectivity index (χ1v) is 8.35. The largest absolute Gasteiger partial charge is 0.451 e. The fraction of sp³-hybridized carbons (Fsp3) is 0.278. The van der Waals surface area contributed by atoms with Crippen molar-refractivity contribution in [1.29, 1.82) is 5.26 Å². The second-order valence-corrected chi connectivity index (χ2v) is 6.30. The molecular formula is C18H18N2O3S. The zero-order valence-corrected chi connectivity index (χ0v) is 14.4. The van der Waals surface area contributed by atoms with Gasteiger partial charge in [-0.05, 0) is 48.6 Å². The van der Waals surface area contributed by atoms with Crippen molar-refractivity contribution in [1.82, 2.24) is 0 Å². The Morgan fingerprint density at radius 1 is 1.25 bits per heavy atom. The van der Waals surface area contributed by atoms with Crippen molar-refractivity contribution in [2.45, 2.75) is 20.3 Å². The lowest BCUT2D eigenvalue weighted by molar-refractivity contribution is -0.121. The average molecular weight is 342 g/mol. The summed E-state index contributed by atoms with van der Waals surface area (Å²) in [6.45, 7) is 3.80. The Balaban J connectivity index is 2.10. The zero-order chi connectivity index (χ0) is 17.5. The Morgan fingerprint density at radius 3 is 2.54 bits per heavy atom. The van der Waals surface area contributed by atoms with Gasteiger partial charge >= 0.3 is 5.97 Å². The van der Waals surface area contributed by atoms with Crippen LogP contribution in [0.3, 0.4) is 0 Å². The molecule has 1 amide bonds. The molecule has 0 saturated carbocycles. The van der Waals surface area contributed by atoms with Gasteiger partial charge in [-0.15, -0.1) is 11.3 Å². The molecule has 5 nitrogen and oxygen atoms in total. The number of nitrogens with zero attached hydrogens (tertiary/aromatic N) is 2. The number of anilines is 1. The predicted molar refractivity (Wildman–Crippen MR) is 93.1 cm³/mol. The van der Waals surface area contributed by atoms with Crippen molar-refractivity contribution in [3.8, 4) is 6.07 Å². The minimum absolute atomic E-state index is 0.206. The lowest BCUT2D eigenvalue weighted by atomic mass is 10.1. The van der Waals surface area contributed by atoms with Crippen LogP contribution in [0.4, 0.5) is 5.69 Å². The van der Waals surface area contributed by atoms with E-state index in [-0.39, 0.29) is 25.5 Å². The van der Waals surface area contributed by atoms with E-state index in [1.165, 1.54) is 16.2 Å². The maximum atomic E-state index is 12.5. The summed E-state index contributed by atoms with van der Waals surface area (Å²) in [6, 6.07) is 11.2. The summed E-state index contributed by atoms with van der Waals surface area (Å²) in [6.07, 6.45) is 0.206. The Kier molecular flexibility index (Phi) is 6.10. The smallest absolute Gasteiger partial charge is 0.348 e. The van der Waals surface area contributed by atoms with Crippen LogP contribution in [0.1, 0.15) is 27.2 Å². The summed E-state index contributed by atoms with van der Waals surface area (Å²) in [4.78, 5) is 26.3. The molecule has 0 atom stereocenters. The van der Waals surface area contributed by atoms with Gasteiger partial charge in [-0.25, -0.2) is 4.79 Å². The Labute approximate surface area is 145 Å². The van der Waals surface area contributed by atoms with Crippen LogP contribution in [0.15, 0.2) is 35.7 Å². The first kappa shape index (κ1) is 17.7. The highest BCUT2D eigenvalue weighted by atomic mass is 32.1. The van der Waals surface area contributed by atoms with Gasteiger partial charge < -0.3 is 9.64 Å². The summed E-state index contributed by atoms with van der Waals surface area (Å²) in [5, 5.41) is 10.6. The number of ether oxygens (including phenoxy) is 1. The summed E-state index contributed by atoms with van der Waals surface area (Å²) in [5.41, 5.74) is 2.76. The maximum Gasteiger partial charge on any atom is 0.348 e. The van der Waals surface area contributed by atoms with Crippen molar-refractivity contribution in [2.75, 3.05) is 18.1 Å². The molecule has 1 aromatic heterocycles. The average Bonchev–Trinajstić information content (AvgIpc) is 3.06. The molecule has 0 unspecified atom stereocenters. The van der Waals surface area contributed by atoms with Gasteiger partial charge in [0.05, 0.1) is 12.5 Å². The van der Waals surface area contributed by atoms with E-state index < -0.39 is 5.97 Å². The van der Waals surface area contributed by atoms with Crippen LogP contribution in [-0.4, -0.2) is 25.0 Å².